The average molecular weight is 532 g/mol. The van der Waals surface area contributed by atoms with Gasteiger partial charge in [-0.2, -0.15) is 0 Å². The van der Waals surface area contributed by atoms with Crippen LogP contribution >= 0.6 is 22.7 Å². The lowest BCUT2D eigenvalue weighted by atomic mass is 9.63. The van der Waals surface area contributed by atoms with Gasteiger partial charge in [-0.05, 0) is 43.7 Å². The third-order valence-corrected chi connectivity index (χ3v) is 10.0. The molecule has 0 atom stereocenters. The molecule has 8 heteroatoms. The molecule has 2 saturated carbocycles. The fourth-order valence-electron chi connectivity index (χ4n) is 5.62. The molecule has 0 radical (unpaired) electrons. The van der Waals surface area contributed by atoms with Gasteiger partial charge < -0.3 is 15.9 Å². The fraction of sp³-hybridized carbons (Fsp3) is 0.345. The molecule has 2 fully saturated rings. The molecule has 4 N–H and O–H groups in total. The van der Waals surface area contributed by atoms with Crippen LogP contribution in [0.25, 0.3) is 31.6 Å². The summed E-state index contributed by atoms with van der Waals surface area (Å²) < 4.78 is 0. The Morgan fingerprint density at radius 2 is 1.59 bits per heavy atom. The number of aliphatic hydroxyl groups is 2. The summed E-state index contributed by atoms with van der Waals surface area (Å²) in [7, 11) is 0. The van der Waals surface area contributed by atoms with Gasteiger partial charge in [0.2, 0.25) is 0 Å². The molecule has 2 aromatic carbocycles. The van der Waals surface area contributed by atoms with Crippen LogP contribution in [0.4, 0.5) is 0 Å². The van der Waals surface area contributed by atoms with E-state index in [-0.39, 0.29) is 5.78 Å². The number of nitrogens with zero attached hydrogens (tertiary/aromatic N) is 2. The minimum atomic E-state index is -1.04. The minimum Gasteiger partial charge on any atom is -0.390 e. The standard InChI is InChI=1S/C29H29N3O3S2/c1-27(34)16-28(30,17-27)20-9-7-18(8-10-20)23-24(19-5-3-2-4-6-19)37-25(32-23)22-15-31-26(36-22)29(35)13-11-21(33)12-14-29/h2-10,15,34-35H,11-14,16-17,30H2,1H3. The average Bonchev–Trinajstić information content (AvgIpc) is 3.54. The lowest BCUT2D eigenvalue weighted by Crippen LogP contribution is -2.58. The van der Waals surface area contributed by atoms with Crippen LogP contribution in [0.5, 0.6) is 0 Å². The van der Waals surface area contributed by atoms with Crippen molar-refractivity contribution >= 4 is 28.5 Å². The molecule has 6 nitrogen and oxygen atoms in total. The summed E-state index contributed by atoms with van der Waals surface area (Å²) in [6.45, 7) is 1.83. The van der Waals surface area contributed by atoms with Crippen LogP contribution in [-0.2, 0) is 15.9 Å². The predicted octanol–water partition coefficient (Wildman–Crippen LogP) is 5.63. The highest BCUT2D eigenvalue weighted by Gasteiger charge is 2.49. The number of ketones is 1. The van der Waals surface area contributed by atoms with E-state index in [9.17, 15) is 15.0 Å². The van der Waals surface area contributed by atoms with Gasteiger partial charge in [-0.15, -0.1) is 22.7 Å². The van der Waals surface area contributed by atoms with Gasteiger partial charge in [0, 0.05) is 30.1 Å². The van der Waals surface area contributed by atoms with Crippen LogP contribution in [0, 0.1) is 0 Å². The molecule has 0 amide bonds. The van der Waals surface area contributed by atoms with Crippen LogP contribution in [0.3, 0.4) is 0 Å². The summed E-state index contributed by atoms with van der Waals surface area (Å²) in [5.74, 6) is 0.202. The highest BCUT2D eigenvalue weighted by Crippen LogP contribution is 2.48. The van der Waals surface area contributed by atoms with Crippen molar-refractivity contribution in [2.45, 2.75) is 62.2 Å². The van der Waals surface area contributed by atoms with Gasteiger partial charge in [-0.25, -0.2) is 9.97 Å². The number of rotatable bonds is 5. The second kappa shape index (κ2) is 8.92. The topological polar surface area (TPSA) is 109 Å². The second-order valence-corrected chi connectivity index (χ2v) is 12.8. The van der Waals surface area contributed by atoms with Crippen molar-refractivity contribution in [2.24, 2.45) is 5.73 Å². The van der Waals surface area contributed by atoms with E-state index in [0.29, 0.717) is 43.5 Å². The molecule has 190 valence electrons. The normalized spacial score (nSPS) is 25.1. The largest absolute Gasteiger partial charge is 0.390 e. The van der Waals surface area contributed by atoms with Gasteiger partial charge in [-0.1, -0.05) is 54.6 Å². The smallest absolute Gasteiger partial charge is 0.136 e. The maximum atomic E-state index is 11.7. The van der Waals surface area contributed by atoms with E-state index >= 15 is 0 Å². The number of carbonyl (C=O) groups excluding carboxylic acids is 1. The Balaban J connectivity index is 1.35. The summed E-state index contributed by atoms with van der Waals surface area (Å²) in [5.41, 5.74) is 8.30. The first-order chi connectivity index (χ1) is 17.6. The van der Waals surface area contributed by atoms with Gasteiger partial charge in [0.25, 0.3) is 0 Å². The molecule has 37 heavy (non-hydrogen) atoms. The monoisotopic (exact) mass is 531 g/mol. The van der Waals surface area contributed by atoms with Crippen molar-refractivity contribution in [3.05, 3.63) is 71.4 Å². The van der Waals surface area contributed by atoms with E-state index < -0.39 is 16.7 Å². The van der Waals surface area contributed by atoms with Crippen LogP contribution in [0.2, 0.25) is 0 Å². The second-order valence-electron chi connectivity index (χ2n) is 10.7. The van der Waals surface area contributed by atoms with Crippen molar-refractivity contribution in [1.29, 1.82) is 0 Å². The molecule has 2 aliphatic carbocycles. The molecule has 2 aliphatic rings. The Bertz CT molecular complexity index is 1440. The molecule has 4 aromatic rings. The maximum absolute atomic E-state index is 11.7. The lowest BCUT2D eigenvalue weighted by molar-refractivity contribution is -0.125. The number of thiazole rings is 2. The molecule has 0 spiro atoms. The van der Waals surface area contributed by atoms with E-state index in [4.69, 9.17) is 10.7 Å². The summed E-state index contributed by atoms with van der Waals surface area (Å²) in [5, 5.41) is 22.8. The molecule has 2 aromatic heterocycles. The Kier molecular flexibility index (Phi) is 5.93. The molecule has 0 bridgehead atoms. The van der Waals surface area contributed by atoms with Crippen molar-refractivity contribution in [2.75, 3.05) is 0 Å². The summed E-state index contributed by atoms with van der Waals surface area (Å²) in [4.78, 5) is 23.3. The van der Waals surface area contributed by atoms with Crippen LogP contribution in [0.1, 0.15) is 56.0 Å². The molecule has 0 unspecified atom stereocenters. The first kappa shape index (κ1) is 24.6. The van der Waals surface area contributed by atoms with Crippen molar-refractivity contribution in [3.63, 3.8) is 0 Å². The summed E-state index contributed by atoms with van der Waals surface area (Å²) in [6.07, 6.45) is 4.50. The summed E-state index contributed by atoms with van der Waals surface area (Å²) >= 11 is 3.07. The first-order valence-corrected chi connectivity index (χ1v) is 14.2. The number of aromatic nitrogens is 2. The molecule has 0 aliphatic heterocycles. The number of hydrogen-bond acceptors (Lipinski definition) is 8. The number of carbonyl (C=O) groups is 1. The fourth-order valence-corrected chi connectivity index (χ4v) is 7.82. The van der Waals surface area contributed by atoms with Crippen molar-refractivity contribution in [3.8, 4) is 31.6 Å². The lowest BCUT2D eigenvalue weighted by Gasteiger charge is -2.49. The number of nitrogens with two attached hydrogens (primary N) is 1. The van der Waals surface area contributed by atoms with E-state index in [1.807, 2.05) is 37.3 Å². The Morgan fingerprint density at radius 3 is 2.24 bits per heavy atom. The predicted molar refractivity (Wildman–Crippen MR) is 147 cm³/mol. The van der Waals surface area contributed by atoms with E-state index in [2.05, 4.69) is 29.2 Å². The van der Waals surface area contributed by atoms with E-state index in [1.54, 1.807) is 17.5 Å². The zero-order valence-electron chi connectivity index (χ0n) is 20.6. The zero-order valence-corrected chi connectivity index (χ0v) is 22.2. The summed E-state index contributed by atoms with van der Waals surface area (Å²) in [6, 6.07) is 18.4. The van der Waals surface area contributed by atoms with Crippen molar-refractivity contribution in [1.82, 2.24) is 9.97 Å². The SMILES string of the molecule is CC1(O)CC(N)(c2ccc(-c3nc(-c4cnc(C5(O)CCC(=O)CC5)s4)sc3-c3ccccc3)cc2)C1. The van der Waals surface area contributed by atoms with Gasteiger partial charge >= 0.3 is 0 Å². The third-order valence-electron chi connectivity index (χ3n) is 7.54. The van der Waals surface area contributed by atoms with E-state index in [1.165, 1.54) is 11.3 Å². The number of benzene rings is 2. The highest BCUT2D eigenvalue weighted by molar-refractivity contribution is 7.23. The molecule has 6 rings (SSSR count). The number of hydrogen-bond donors (Lipinski definition) is 3. The Labute approximate surface area is 223 Å². The van der Waals surface area contributed by atoms with Gasteiger partial charge in [-0.3, -0.25) is 4.79 Å². The van der Waals surface area contributed by atoms with Crippen molar-refractivity contribution < 1.29 is 15.0 Å². The highest BCUT2D eigenvalue weighted by atomic mass is 32.1. The molecular weight excluding hydrogens is 502 g/mol. The third kappa shape index (κ3) is 4.57. The van der Waals surface area contributed by atoms with Crippen LogP contribution in [-0.4, -0.2) is 31.6 Å². The quantitative estimate of drug-likeness (QED) is 0.308. The molecular formula is C29H29N3O3S2. The molecule has 0 saturated heterocycles. The molecule has 2 heterocycles. The first-order valence-electron chi connectivity index (χ1n) is 12.5. The Morgan fingerprint density at radius 1 is 0.919 bits per heavy atom. The zero-order chi connectivity index (χ0) is 25.8. The number of Topliss-reactive ketones (excluding diaryl/α,β-unsaturated/α-hetero) is 1. The van der Waals surface area contributed by atoms with Gasteiger partial charge in [0.15, 0.2) is 0 Å². The van der Waals surface area contributed by atoms with E-state index in [0.717, 1.165) is 37.1 Å². The van der Waals surface area contributed by atoms with Gasteiger partial charge in [0.05, 0.1) is 21.0 Å². The van der Waals surface area contributed by atoms with Crippen LogP contribution < -0.4 is 5.73 Å². The minimum absolute atomic E-state index is 0.202. The van der Waals surface area contributed by atoms with Gasteiger partial charge in [0.1, 0.15) is 21.4 Å². The maximum Gasteiger partial charge on any atom is 0.136 e. The van der Waals surface area contributed by atoms with Crippen LogP contribution in [0.15, 0.2) is 60.8 Å². The Hall–Kier alpha value is -2.75.